The van der Waals surface area contributed by atoms with Crippen LogP contribution in [0, 0.1) is 0 Å². The first-order valence-corrected chi connectivity index (χ1v) is 14.5. The molecule has 33 heavy (non-hydrogen) atoms. The monoisotopic (exact) mass is 463 g/mol. The first-order chi connectivity index (χ1) is 16.4. The van der Waals surface area contributed by atoms with E-state index < -0.39 is 0 Å². The highest BCUT2D eigenvalue weighted by Crippen LogP contribution is 2.14. The van der Waals surface area contributed by atoms with Crippen molar-refractivity contribution in [2.45, 2.75) is 129 Å². The van der Waals surface area contributed by atoms with Crippen molar-refractivity contribution >= 4 is 0 Å². The molecule has 4 N–H and O–H groups in total. The Bertz CT molecular complexity index is 502. The lowest BCUT2D eigenvalue weighted by Gasteiger charge is -2.09. The van der Waals surface area contributed by atoms with Crippen molar-refractivity contribution in [1.29, 1.82) is 0 Å². The molecule has 0 atom stereocenters. The molecule has 0 fully saturated rings. The number of nitrogens with zero attached hydrogens (tertiary/aromatic N) is 2. The minimum Gasteiger partial charge on any atom is -0.334 e. The highest BCUT2D eigenvalue weighted by molar-refractivity contribution is 4.92. The average Bonchev–Trinajstić information content (AvgIpc) is 3.27. The summed E-state index contributed by atoms with van der Waals surface area (Å²) in [7, 11) is 0. The molecule has 0 aliphatic rings. The van der Waals surface area contributed by atoms with Crippen molar-refractivity contribution in [2.24, 2.45) is 5.73 Å². The van der Waals surface area contributed by atoms with Crippen molar-refractivity contribution in [1.82, 2.24) is 20.2 Å². The molecular weight excluding hydrogens is 406 g/mol. The Balaban J connectivity index is 1.84. The SMILES string of the molecule is CCCCCCCCCCCCCCCCCCCc1nccn1CCNCCNCCN. The standard InChI is InChI=1S/C28H57N5/c1-2-3-4-5-6-7-8-9-10-11-12-13-14-15-16-17-18-19-28-32-25-27-33(28)26-24-31-23-22-30-21-20-29/h25,27,30-31H,2-24,26,29H2,1H3. The van der Waals surface area contributed by atoms with E-state index in [1.165, 1.54) is 115 Å². The summed E-state index contributed by atoms with van der Waals surface area (Å²) in [6.45, 7) is 7.86. The summed E-state index contributed by atoms with van der Waals surface area (Å²) in [5.74, 6) is 1.25. The van der Waals surface area contributed by atoms with Crippen molar-refractivity contribution in [2.75, 3.05) is 32.7 Å². The number of hydrogen-bond donors (Lipinski definition) is 3. The van der Waals surface area contributed by atoms with Gasteiger partial charge in [-0.3, -0.25) is 0 Å². The maximum absolute atomic E-state index is 5.48. The molecule has 194 valence electrons. The summed E-state index contributed by atoms with van der Waals surface area (Å²) in [6, 6.07) is 0. The number of rotatable bonds is 26. The molecule has 0 saturated carbocycles. The Kier molecular flexibility index (Phi) is 22.1. The van der Waals surface area contributed by atoms with Gasteiger partial charge in [-0.05, 0) is 6.42 Å². The van der Waals surface area contributed by atoms with Crippen LogP contribution in [0.3, 0.4) is 0 Å². The van der Waals surface area contributed by atoms with Crippen LogP contribution in [0.1, 0.15) is 122 Å². The van der Waals surface area contributed by atoms with Crippen molar-refractivity contribution in [3.05, 3.63) is 18.2 Å². The van der Waals surface area contributed by atoms with E-state index in [0.29, 0.717) is 6.54 Å². The van der Waals surface area contributed by atoms with Gasteiger partial charge in [0.05, 0.1) is 0 Å². The summed E-state index contributed by atoms with van der Waals surface area (Å²) in [6.07, 6.45) is 29.4. The molecule has 1 heterocycles. The van der Waals surface area contributed by atoms with Gasteiger partial charge in [-0.25, -0.2) is 4.98 Å². The highest BCUT2D eigenvalue weighted by atomic mass is 15.1. The first kappa shape index (κ1) is 30.1. The number of hydrogen-bond acceptors (Lipinski definition) is 4. The van der Waals surface area contributed by atoms with Crippen molar-refractivity contribution in [3.63, 3.8) is 0 Å². The molecule has 5 heteroatoms. The molecule has 0 aromatic carbocycles. The molecule has 0 spiro atoms. The quantitative estimate of drug-likeness (QED) is 0.143. The third-order valence-electron chi connectivity index (χ3n) is 6.63. The normalized spacial score (nSPS) is 11.5. The number of nitrogens with two attached hydrogens (primary N) is 1. The number of nitrogens with one attached hydrogen (secondary N) is 2. The molecule has 0 bridgehead atoms. The van der Waals surface area contributed by atoms with E-state index in [1.807, 2.05) is 6.20 Å². The van der Waals surface area contributed by atoms with Crippen LogP contribution in [-0.2, 0) is 13.0 Å². The average molecular weight is 464 g/mol. The maximum Gasteiger partial charge on any atom is 0.108 e. The molecule has 0 unspecified atom stereocenters. The van der Waals surface area contributed by atoms with Crippen molar-refractivity contribution in [3.8, 4) is 0 Å². The molecule has 1 rings (SSSR count). The number of unbranched alkanes of at least 4 members (excludes halogenated alkanes) is 16. The molecular formula is C28H57N5. The molecule has 1 aromatic rings. The lowest BCUT2D eigenvalue weighted by Crippen LogP contribution is -2.32. The molecule has 5 nitrogen and oxygen atoms in total. The van der Waals surface area contributed by atoms with Gasteiger partial charge in [0.2, 0.25) is 0 Å². The second-order valence-electron chi connectivity index (χ2n) is 9.73. The highest BCUT2D eigenvalue weighted by Gasteiger charge is 2.02. The fourth-order valence-electron chi connectivity index (χ4n) is 4.51. The van der Waals surface area contributed by atoms with Gasteiger partial charge in [0.15, 0.2) is 0 Å². The van der Waals surface area contributed by atoms with Gasteiger partial charge in [-0.2, -0.15) is 0 Å². The van der Waals surface area contributed by atoms with E-state index in [9.17, 15) is 0 Å². The van der Waals surface area contributed by atoms with Gasteiger partial charge in [-0.15, -0.1) is 0 Å². The van der Waals surface area contributed by atoms with Gasteiger partial charge in [-0.1, -0.05) is 110 Å². The zero-order valence-electron chi connectivity index (χ0n) is 22.1. The number of aromatic nitrogens is 2. The smallest absolute Gasteiger partial charge is 0.108 e. The zero-order chi connectivity index (χ0) is 23.7. The fourth-order valence-corrected chi connectivity index (χ4v) is 4.51. The Labute approximate surface area is 206 Å². The summed E-state index contributed by atoms with van der Waals surface area (Å²) in [5, 5.41) is 6.79. The maximum atomic E-state index is 5.48. The Hall–Kier alpha value is -0.910. The van der Waals surface area contributed by atoms with E-state index in [1.54, 1.807) is 0 Å². The summed E-state index contributed by atoms with van der Waals surface area (Å²) in [5.41, 5.74) is 5.48. The third-order valence-corrected chi connectivity index (χ3v) is 6.63. The second kappa shape index (κ2) is 24.2. The number of aryl methyl sites for hydroxylation is 1. The molecule has 1 aromatic heterocycles. The molecule has 0 aliphatic heterocycles. The summed E-state index contributed by atoms with van der Waals surface area (Å²) < 4.78 is 2.31. The Morgan fingerprint density at radius 2 is 1.15 bits per heavy atom. The molecule has 0 saturated heterocycles. The number of imidazole rings is 1. The van der Waals surface area contributed by atoms with Gasteiger partial charge in [0.25, 0.3) is 0 Å². The van der Waals surface area contributed by atoms with Crippen LogP contribution >= 0.6 is 0 Å². The largest absolute Gasteiger partial charge is 0.334 e. The van der Waals surface area contributed by atoms with Gasteiger partial charge >= 0.3 is 0 Å². The van der Waals surface area contributed by atoms with Crippen molar-refractivity contribution < 1.29 is 0 Å². The minimum atomic E-state index is 0.706. The van der Waals surface area contributed by atoms with Crippen LogP contribution in [-0.4, -0.2) is 42.3 Å². The predicted octanol–water partition coefficient (Wildman–Crippen LogP) is 6.22. The molecule has 0 radical (unpaired) electrons. The van der Waals surface area contributed by atoms with E-state index >= 15 is 0 Å². The zero-order valence-corrected chi connectivity index (χ0v) is 22.1. The first-order valence-electron chi connectivity index (χ1n) is 14.5. The van der Waals surface area contributed by atoms with Gasteiger partial charge < -0.3 is 20.9 Å². The lowest BCUT2D eigenvalue weighted by atomic mass is 10.0. The fraction of sp³-hybridized carbons (Fsp3) is 0.893. The van der Waals surface area contributed by atoms with E-state index in [0.717, 1.165) is 39.1 Å². The minimum absolute atomic E-state index is 0.706. The van der Waals surface area contributed by atoms with Crippen LogP contribution < -0.4 is 16.4 Å². The molecule has 0 aliphatic carbocycles. The predicted molar refractivity (Wildman–Crippen MR) is 145 cm³/mol. The van der Waals surface area contributed by atoms with Gasteiger partial charge in [0, 0.05) is 58.1 Å². The van der Waals surface area contributed by atoms with E-state index in [-0.39, 0.29) is 0 Å². The van der Waals surface area contributed by atoms with Crippen LogP contribution in [0.2, 0.25) is 0 Å². The topological polar surface area (TPSA) is 67.9 Å². The third kappa shape index (κ3) is 19.1. The molecule has 0 amide bonds. The summed E-state index contributed by atoms with van der Waals surface area (Å²) in [4.78, 5) is 4.58. The van der Waals surface area contributed by atoms with Crippen LogP contribution in [0.4, 0.5) is 0 Å². The van der Waals surface area contributed by atoms with E-state index in [4.69, 9.17) is 5.73 Å². The van der Waals surface area contributed by atoms with E-state index in [2.05, 4.69) is 33.3 Å². The second-order valence-corrected chi connectivity index (χ2v) is 9.73. The van der Waals surface area contributed by atoms with Crippen LogP contribution in [0.25, 0.3) is 0 Å². The Morgan fingerprint density at radius 1 is 0.667 bits per heavy atom. The summed E-state index contributed by atoms with van der Waals surface area (Å²) >= 11 is 0. The van der Waals surface area contributed by atoms with Crippen LogP contribution in [0.15, 0.2) is 12.4 Å². The lowest BCUT2D eigenvalue weighted by molar-refractivity contribution is 0.523. The van der Waals surface area contributed by atoms with Gasteiger partial charge in [0.1, 0.15) is 5.82 Å². The van der Waals surface area contributed by atoms with Crippen LogP contribution in [0.5, 0.6) is 0 Å². The Morgan fingerprint density at radius 3 is 1.67 bits per heavy atom.